The highest BCUT2D eigenvalue weighted by Crippen LogP contribution is 2.13. The van der Waals surface area contributed by atoms with Crippen LogP contribution >= 0.6 is 15.9 Å². The molecule has 4 heteroatoms. The first-order valence-electron chi connectivity index (χ1n) is 6.20. The molecule has 0 aliphatic heterocycles. The Labute approximate surface area is 117 Å². The topological polar surface area (TPSA) is 49.3 Å². The van der Waals surface area contributed by atoms with Gasteiger partial charge in [0.25, 0.3) is 5.91 Å². The highest BCUT2D eigenvalue weighted by molar-refractivity contribution is 9.08. The van der Waals surface area contributed by atoms with Gasteiger partial charge < -0.3 is 10.4 Å². The zero-order valence-corrected chi connectivity index (χ0v) is 12.5. The van der Waals surface area contributed by atoms with Gasteiger partial charge in [0.15, 0.2) is 0 Å². The number of alkyl halides is 1. The van der Waals surface area contributed by atoms with Gasteiger partial charge in [-0.3, -0.25) is 4.79 Å². The first-order valence-corrected chi connectivity index (χ1v) is 7.32. The molecule has 0 radical (unpaired) electrons. The molecule has 100 valence electrons. The SMILES string of the molecule is CCC(O)(CC)CNC(=O)c1ccc(CBr)cc1. The summed E-state index contributed by atoms with van der Waals surface area (Å²) in [6.45, 7) is 4.12. The minimum atomic E-state index is -0.800. The molecule has 0 atom stereocenters. The van der Waals surface area contributed by atoms with Crippen molar-refractivity contribution >= 4 is 21.8 Å². The van der Waals surface area contributed by atoms with Gasteiger partial charge in [-0.15, -0.1) is 0 Å². The van der Waals surface area contributed by atoms with E-state index in [0.717, 1.165) is 10.9 Å². The highest BCUT2D eigenvalue weighted by atomic mass is 79.9. The number of nitrogens with one attached hydrogen (secondary N) is 1. The Morgan fingerprint density at radius 2 is 1.83 bits per heavy atom. The van der Waals surface area contributed by atoms with Crippen LogP contribution in [0.15, 0.2) is 24.3 Å². The smallest absolute Gasteiger partial charge is 0.251 e. The summed E-state index contributed by atoms with van der Waals surface area (Å²) >= 11 is 3.36. The second-order valence-electron chi connectivity index (χ2n) is 4.44. The average Bonchev–Trinajstić information content (AvgIpc) is 2.44. The second-order valence-corrected chi connectivity index (χ2v) is 5.01. The van der Waals surface area contributed by atoms with E-state index in [1.54, 1.807) is 12.1 Å². The monoisotopic (exact) mass is 313 g/mol. The van der Waals surface area contributed by atoms with Gasteiger partial charge in [-0.2, -0.15) is 0 Å². The van der Waals surface area contributed by atoms with Crippen molar-refractivity contribution in [2.45, 2.75) is 37.6 Å². The zero-order valence-electron chi connectivity index (χ0n) is 10.9. The Bertz CT molecular complexity index is 385. The third-order valence-corrected chi connectivity index (χ3v) is 3.91. The quantitative estimate of drug-likeness (QED) is 0.793. The maximum atomic E-state index is 11.9. The summed E-state index contributed by atoms with van der Waals surface area (Å²) in [6, 6.07) is 7.41. The average molecular weight is 314 g/mol. The van der Waals surface area contributed by atoms with E-state index in [-0.39, 0.29) is 5.91 Å². The Morgan fingerprint density at radius 3 is 2.28 bits per heavy atom. The van der Waals surface area contributed by atoms with Crippen molar-refractivity contribution in [2.75, 3.05) is 6.54 Å². The number of rotatable bonds is 6. The molecular weight excluding hydrogens is 294 g/mol. The molecule has 0 saturated heterocycles. The van der Waals surface area contributed by atoms with Crippen LogP contribution in [0, 0.1) is 0 Å². The molecule has 3 nitrogen and oxygen atoms in total. The molecule has 0 saturated carbocycles. The predicted octanol–water partition coefficient (Wildman–Crippen LogP) is 2.86. The number of hydrogen-bond donors (Lipinski definition) is 2. The summed E-state index contributed by atoms with van der Waals surface area (Å²) in [6.07, 6.45) is 1.26. The van der Waals surface area contributed by atoms with Crippen molar-refractivity contribution in [2.24, 2.45) is 0 Å². The van der Waals surface area contributed by atoms with Gasteiger partial charge >= 0.3 is 0 Å². The Hall–Kier alpha value is -0.870. The lowest BCUT2D eigenvalue weighted by Crippen LogP contribution is -2.42. The summed E-state index contributed by atoms with van der Waals surface area (Å²) in [5, 5.41) is 13.6. The fourth-order valence-corrected chi connectivity index (χ4v) is 1.97. The van der Waals surface area contributed by atoms with Crippen LogP contribution in [0.25, 0.3) is 0 Å². The van der Waals surface area contributed by atoms with Crippen LogP contribution in [0.3, 0.4) is 0 Å². The van der Waals surface area contributed by atoms with Gasteiger partial charge in [0, 0.05) is 17.4 Å². The minimum Gasteiger partial charge on any atom is -0.388 e. The third-order valence-electron chi connectivity index (χ3n) is 3.26. The molecular formula is C14H20BrNO2. The van der Waals surface area contributed by atoms with Gasteiger partial charge in [0.05, 0.1) is 5.60 Å². The molecule has 2 N–H and O–H groups in total. The third kappa shape index (κ3) is 4.10. The number of aliphatic hydroxyl groups is 1. The molecule has 1 rings (SSSR count). The van der Waals surface area contributed by atoms with E-state index in [1.165, 1.54) is 0 Å². The number of halogens is 1. The first-order chi connectivity index (χ1) is 8.54. The summed E-state index contributed by atoms with van der Waals surface area (Å²) in [5.74, 6) is -0.142. The number of carbonyl (C=O) groups excluding carboxylic acids is 1. The lowest BCUT2D eigenvalue weighted by atomic mass is 9.97. The minimum absolute atomic E-state index is 0.142. The first kappa shape index (κ1) is 15.2. The maximum absolute atomic E-state index is 11.9. The standard InChI is InChI=1S/C14H20BrNO2/c1-3-14(18,4-2)10-16-13(17)12-7-5-11(9-15)6-8-12/h5-8,18H,3-4,9-10H2,1-2H3,(H,16,17). The Balaban J connectivity index is 2.59. The van der Waals surface area contributed by atoms with E-state index in [2.05, 4.69) is 21.2 Å². The molecule has 0 aliphatic rings. The lowest BCUT2D eigenvalue weighted by molar-refractivity contribution is 0.0314. The molecule has 0 aromatic heterocycles. The van der Waals surface area contributed by atoms with Crippen LogP contribution < -0.4 is 5.32 Å². The molecule has 0 unspecified atom stereocenters. The number of amides is 1. The molecule has 0 bridgehead atoms. The number of benzene rings is 1. The van der Waals surface area contributed by atoms with Gasteiger partial charge in [0.1, 0.15) is 0 Å². The van der Waals surface area contributed by atoms with Crippen molar-refractivity contribution < 1.29 is 9.90 Å². The van der Waals surface area contributed by atoms with Crippen molar-refractivity contribution in [1.29, 1.82) is 0 Å². The normalized spacial score (nSPS) is 11.3. The van der Waals surface area contributed by atoms with Gasteiger partial charge in [0.2, 0.25) is 0 Å². The van der Waals surface area contributed by atoms with Gasteiger partial charge in [-0.25, -0.2) is 0 Å². The Kier molecular flexibility index (Phi) is 5.82. The molecule has 0 spiro atoms. The molecule has 0 aliphatic carbocycles. The van der Waals surface area contributed by atoms with Crippen LogP contribution in [-0.2, 0) is 5.33 Å². The fourth-order valence-electron chi connectivity index (χ4n) is 1.59. The summed E-state index contributed by atoms with van der Waals surface area (Å²) in [4.78, 5) is 11.9. The Morgan fingerprint density at radius 1 is 1.28 bits per heavy atom. The molecule has 1 aromatic rings. The van der Waals surface area contributed by atoms with Gasteiger partial charge in [-0.05, 0) is 30.5 Å². The molecule has 1 amide bonds. The van der Waals surface area contributed by atoms with E-state index in [4.69, 9.17) is 0 Å². The highest BCUT2D eigenvalue weighted by Gasteiger charge is 2.22. The van der Waals surface area contributed by atoms with E-state index in [0.29, 0.717) is 24.9 Å². The molecule has 0 heterocycles. The zero-order chi connectivity index (χ0) is 13.6. The van der Waals surface area contributed by atoms with Crippen LogP contribution in [0.2, 0.25) is 0 Å². The van der Waals surface area contributed by atoms with Gasteiger partial charge in [-0.1, -0.05) is 41.9 Å². The van der Waals surface area contributed by atoms with E-state index in [1.807, 2.05) is 26.0 Å². The van der Waals surface area contributed by atoms with Crippen molar-refractivity contribution in [3.05, 3.63) is 35.4 Å². The summed E-state index contributed by atoms with van der Waals surface area (Å²) in [5.41, 5.74) is 0.949. The van der Waals surface area contributed by atoms with Crippen LogP contribution in [0.5, 0.6) is 0 Å². The number of hydrogen-bond acceptors (Lipinski definition) is 2. The lowest BCUT2D eigenvalue weighted by Gasteiger charge is -2.25. The predicted molar refractivity (Wildman–Crippen MR) is 76.9 cm³/mol. The summed E-state index contributed by atoms with van der Waals surface area (Å²) in [7, 11) is 0. The van der Waals surface area contributed by atoms with Crippen LogP contribution in [0.1, 0.15) is 42.6 Å². The van der Waals surface area contributed by atoms with E-state index < -0.39 is 5.60 Å². The molecule has 1 aromatic carbocycles. The van der Waals surface area contributed by atoms with Crippen molar-refractivity contribution in [3.8, 4) is 0 Å². The second kappa shape index (κ2) is 6.90. The number of carbonyl (C=O) groups is 1. The molecule has 0 fully saturated rings. The summed E-state index contributed by atoms with van der Waals surface area (Å²) < 4.78 is 0. The molecule has 18 heavy (non-hydrogen) atoms. The van der Waals surface area contributed by atoms with Crippen molar-refractivity contribution in [3.63, 3.8) is 0 Å². The van der Waals surface area contributed by atoms with Crippen LogP contribution in [-0.4, -0.2) is 23.2 Å². The van der Waals surface area contributed by atoms with E-state index in [9.17, 15) is 9.90 Å². The maximum Gasteiger partial charge on any atom is 0.251 e. The fraction of sp³-hybridized carbons (Fsp3) is 0.500. The van der Waals surface area contributed by atoms with E-state index >= 15 is 0 Å². The largest absolute Gasteiger partial charge is 0.388 e. The van der Waals surface area contributed by atoms with Crippen LogP contribution in [0.4, 0.5) is 0 Å². The van der Waals surface area contributed by atoms with Crippen molar-refractivity contribution in [1.82, 2.24) is 5.32 Å².